The molecule has 2 N–H and O–H groups in total. The minimum atomic E-state index is -0.507. The maximum atomic E-state index is 12.4. The first-order chi connectivity index (χ1) is 13.0. The predicted molar refractivity (Wildman–Crippen MR) is 106 cm³/mol. The Kier molecular flexibility index (Phi) is 5.91. The van der Waals surface area contributed by atoms with Crippen molar-refractivity contribution in [2.24, 2.45) is 5.92 Å². The fourth-order valence-electron chi connectivity index (χ4n) is 3.08. The first kappa shape index (κ1) is 19.1. The Morgan fingerprint density at radius 2 is 1.81 bits per heavy atom. The van der Waals surface area contributed by atoms with Crippen molar-refractivity contribution in [2.75, 3.05) is 11.4 Å². The second-order valence-electron chi connectivity index (χ2n) is 6.34. The maximum Gasteiger partial charge on any atom is 0.269 e. The molecule has 0 spiro atoms. The molecule has 1 aliphatic heterocycles. The van der Waals surface area contributed by atoms with E-state index >= 15 is 0 Å². The predicted octanol–water partition coefficient (Wildman–Crippen LogP) is 2.83. The summed E-state index contributed by atoms with van der Waals surface area (Å²) in [6.45, 7) is 2.33. The lowest BCUT2D eigenvalue weighted by Crippen LogP contribution is -2.45. The summed E-state index contributed by atoms with van der Waals surface area (Å²) in [7, 11) is 0. The van der Waals surface area contributed by atoms with Crippen molar-refractivity contribution >= 4 is 39.3 Å². The average Bonchev–Trinajstić information content (AvgIpc) is 3.08. The van der Waals surface area contributed by atoms with E-state index in [9.17, 15) is 14.4 Å². The summed E-state index contributed by atoms with van der Waals surface area (Å²) in [5.74, 6) is -1.37. The van der Waals surface area contributed by atoms with Gasteiger partial charge in [0, 0.05) is 28.7 Å². The summed E-state index contributed by atoms with van der Waals surface area (Å²) in [6, 6.07) is 14.5. The Morgan fingerprint density at radius 3 is 2.52 bits per heavy atom. The number of benzene rings is 2. The molecule has 1 aliphatic rings. The zero-order valence-corrected chi connectivity index (χ0v) is 16.5. The summed E-state index contributed by atoms with van der Waals surface area (Å²) < 4.78 is 0.861. The number of aryl methyl sites for hydroxylation is 1. The molecule has 3 rings (SSSR count). The minimum absolute atomic E-state index is 0.0877. The van der Waals surface area contributed by atoms with Gasteiger partial charge in [-0.15, -0.1) is 0 Å². The van der Waals surface area contributed by atoms with Gasteiger partial charge in [-0.3, -0.25) is 25.2 Å². The quantitative estimate of drug-likeness (QED) is 0.733. The van der Waals surface area contributed by atoms with Crippen LogP contribution in [0.3, 0.4) is 0 Å². The van der Waals surface area contributed by atoms with Gasteiger partial charge in [-0.1, -0.05) is 41.1 Å². The van der Waals surface area contributed by atoms with E-state index < -0.39 is 11.8 Å². The van der Waals surface area contributed by atoms with Crippen molar-refractivity contribution in [3.8, 4) is 0 Å². The van der Waals surface area contributed by atoms with Gasteiger partial charge in [0.15, 0.2) is 0 Å². The maximum absolute atomic E-state index is 12.4. The van der Waals surface area contributed by atoms with Gasteiger partial charge < -0.3 is 4.90 Å². The van der Waals surface area contributed by atoms with Crippen LogP contribution in [-0.4, -0.2) is 24.3 Å². The summed E-state index contributed by atoms with van der Waals surface area (Å²) in [5, 5.41) is 0. The van der Waals surface area contributed by atoms with Gasteiger partial charge in [0.05, 0.1) is 5.92 Å². The number of carbonyl (C=O) groups excluding carboxylic acids is 3. The molecule has 1 heterocycles. The molecule has 0 aromatic heterocycles. The number of hydrazine groups is 1. The Hall–Kier alpha value is -2.67. The van der Waals surface area contributed by atoms with E-state index in [1.165, 1.54) is 0 Å². The van der Waals surface area contributed by atoms with Crippen LogP contribution >= 0.6 is 15.9 Å². The number of amides is 3. The second kappa shape index (κ2) is 8.35. The molecule has 6 nitrogen and oxygen atoms in total. The first-order valence-electron chi connectivity index (χ1n) is 8.73. The Morgan fingerprint density at radius 1 is 1.11 bits per heavy atom. The molecule has 0 radical (unpaired) electrons. The van der Waals surface area contributed by atoms with Gasteiger partial charge >= 0.3 is 0 Å². The monoisotopic (exact) mass is 429 g/mol. The molecular weight excluding hydrogens is 410 g/mol. The summed E-state index contributed by atoms with van der Waals surface area (Å²) in [6.07, 6.45) is 0.929. The van der Waals surface area contributed by atoms with Crippen LogP contribution in [0.4, 0.5) is 5.69 Å². The molecule has 0 aliphatic carbocycles. The zero-order valence-electron chi connectivity index (χ0n) is 14.9. The molecule has 0 unspecified atom stereocenters. The van der Waals surface area contributed by atoms with Crippen LogP contribution in [-0.2, 0) is 16.0 Å². The number of nitrogens with zero attached hydrogens (tertiary/aromatic N) is 1. The van der Waals surface area contributed by atoms with E-state index in [0.29, 0.717) is 12.1 Å². The molecule has 0 saturated carbocycles. The highest BCUT2D eigenvalue weighted by Gasteiger charge is 2.35. The molecule has 0 bridgehead atoms. The molecule has 7 heteroatoms. The van der Waals surface area contributed by atoms with E-state index in [-0.39, 0.29) is 18.2 Å². The van der Waals surface area contributed by atoms with E-state index in [4.69, 9.17) is 0 Å². The summed E-state index contributed by atoms with van der Waals surface area (Å²) in [5.41, 5.74) is 7.17. The lowest BCUT2D eigenvalue weighted by molar-refractivity contribution is -0.126. The van der Waals surface area contributed by atoms with Crippen LogP contribution in [0.2, 0.25) is 0 Å². The Balaban J connectivity index is 1.60. The third kappa shape index (κ3) is 4.36. The van der Waals surface area contributed by atoms with E-state index in [1.807, 2.05) is 31.2 Å². The van der Waals surface area contributed by atoms with Crippen LogP contribution < -0.4 is 15.8 Å². The second-order valence-corrected chi connectivity index (χ2v) is 7.25. The van der Waals surface area contributed by atoms with Crippen LogP contribution in [0, 0.1) is 5.92 Å². The smallest absolute Gasteiger partial charge is 0.269 e. The molecule has 3 amide bonds. The van der Waals surface area contributed by atoms with Crippen molar-refractivity contribution in [3.63, 3.8) is 0 Å². The van der Waals surface area contributed by atoms with Gasteiger partial charge in [-0.2, -0.15) is 0 Å². The minimum Gasteiger partial charge on any atom is -0.311 e. The van der Waals surface area contributed by atoms with E-state index in [1.54, 1.807) is 29.2 Å². The third-order valence-corrected chi connectivity index (χ3v) is 5.09. The van der Waals surface area contributed by atoms with Gasteiger partial charge in [-0.25, -0.2) is 0 Å². The highest BCUT2D eigenvalue weighted by atomic mass is 79.9. The topological polar surface area (TPSA) is 78.5 Å². The van der Waals surface area contributed by atoms with E-state index in [2.05, 4.69) is 26.8 Å². The van der Waals surface area contributed by atoms with Crippen molar-refractivity contribution < 1.29 is 14.4 Å². The van der Waals surface area contributed by atoms with E-state index in [0.717, 1.165) is 22.1 Å². The normalized spacial score (nSPS) is 16.3. The lowest BCUT2D eigenvalue weighted by atomic mass is 10.1. The largest absolute Gasteiger partial charge is 0.311 e. The van der Waals surface area contributed by atoms with Crippen LogP contribution in [0.5, 0.6) is 0 Å². The molecule has 1 saturated heterocycles. The van der Waals surface area contributed by atoms with Crippen molar-refractivity contribution in [1.29, 1.82) is 0 Å². The number of para-hydroxylation sites is 1. The number of nitrogens with one attached hydrogen (secondary N) is 2. The average molecular weight is 430 g/mol. The van der Waals surface area contributed by atoms with Crippen LogP contribution in [0.1, 0.15) is 29.3 Å². The molecular formula is C20H20BrN3O3. The molecule has 27 heavy (non-hydrogen) atoms. The molecule has 2 aromatic carbocycles. The fraction of sp³-hybridized carbons (Fsp3) is 0.250. The SMILES string of the molecule is CCc1ccccc1N1C[C@H](C(=O)NNC(=O)c2ccc(Br)cc2)CC1=O. The van der Waals surface area contributed by atoms with Gasteiger partial charge in [0.1, 0.15) is 0 Å². The lowest BCUT2D eigenvalue weighted by Gasteiger charge is -2.20. The standard InChI is InChI=1S/C20H20BrN3O3/c1-2-13-5-3-4-6-17(13)24-12-15(11-18(24)25)20(27)23-22-19(26)14-7-9-16(21)10-8-14/h3-10,15H,2,11-12H2,1H3,(H,22,26)(H,23,27)/t15-/m1/s1. The molecule has 1 fully saturated rings. The van der Waals surface area contributed by atoms with Gasteiger partial charge in [-0.05, 0) is 42.3 Å². The molecule has 140 valence electrons. The molecule has 2 aromatic rings. The Bertz CT molecular complexity index is 867. The van der Waals surface area contributed by atoms with Crippen molar-refractivity contribution in [3.05, 3.63) is 64.1 Å². The summed E-state index contributed by atoms with van der Waals surface area (Å²) >= 11 is 3.30. The first-order valence-corrected chi connectivity index (χ1v) is 9.53. The number of anilines is 1. The van der Waals surface area contributed by atoms with Crippen molar-refractivity contribution in [2.45, 2.75) is 19.8 Å². The van der Waals surface area contributed by atoms with Gasteiger partial charge in [0.2, 0.25) is 11.8 Å². The molecule has 1 atom stereocenters. The van der Waals surface area contributed by atoms with Crippen LogP contribution in [0.25, 0.3) is 0 Å². The Labute approximate surface area is 166 Å². The zero-order chi connectivity index (χ0) is 19.4. The highest BCUT2D eigenvalue weighted by molar-refractivity contribution is 9.10. The number of hydrogen-bond acceptors (Lipinski definition) is 3. The van der Waals surface area contributed by atoms with Gasteiger partial charge in [0.25, 0.3) is 5.91 Å². The highest BCUT2D eigenvalue weighted by Crippen LogP contribution is 2.28. The third-order valence-electron chi connectivity index (χ3n) is 4.56. The number of hydrogen-bond donors (Lipinski definition) is 2. The fourth-order valence-corrected chi connectivity index (χ4v) is 3.35. The number of carbonyl (C=O) groups is 3. The number of halogens is 1. The summed E-state index contributed by atoms with van der Waals surface area (Å²) in [4.78, 5) is 38.5. The van der Waals surface area contributed by atoms with Crippen molar-refractivity contribution in [1.82, 2.24) is 10.9 Å². The number of rotatable bonds is 4. The van der Waals surface area contributed by atoms with Crippen LogP contribution in [0.15, 0.2) is 53.0 Å².